The minimum Gasteiger partial charge on any atom is -0.393 e. The van der Waals surface area contributed by atoms with Gasteiger partial charge in [0.05, 0.1) is 6.10 Å². The number of aliphatic hydroxyl groups excluding tert-OH is 1. The lowest BCUT2D eigenvalue weighted by atomic mass is 10.1. The van der Waals surface area contributed by atoms with Crippen LogP contribution in [-0.4, -0.2) is 11.2 Å². The molecule has 0 radical (unpaired) electrons. The smallest absolute Gasteiger partial charge is 0.0588 e. The molecular formula is C13H22OS. The molecule has 1 heterocycles. The zero-order valence-electron chi connectivity index (χ0n) is 9.83. The first kappa shape index (κ1) is 12.7. The van der Waals surface area contributed by atoms with Crippen LogP contribution in [0.4, 0.5) is 0 Å². The van der Waals surface area contributed by atoms with Crippen molar-refractivity contribution >= 4 is 11.3 Å². The van der Waals surface area contributed by atoms with Crippen LogP contribution in [0.5, 0.6) is 0 Å². The topological polar surface area (TPSA) is 20.2 Å². The molecule has 0 bridgehead atoms. The van der Waals surface area contributed by atoms with Gasteiger partial charge in [0.25, 0.3) is 0 Å². The third-order valence-electron chi connectivity index (χ3n) is 2.64. The largest absolute Gasteiger partial charge is 0.393 e. The van der Waals surface area contributed by atoms with Crippen molar-refractivity contribution in [3.63, 3.8) is 0 Å². The first-order valence-electron chi connectivity index (χ1n) is 6.01. The maximum Gasteiger partial charge on any atom is 0.0588 e. The van der Waals surface area contributed by atoms with Crippen molar-refractivity contribution in [2.24, 2.45) is 0 Å². The molecule has 0 saturated carbocycles. The Morgan fingerprint density at radius 2 is 1.93 bits per heavy atom. The summed E-state index contributed by atoms with van der Waals surface area (Å²) < 4.78 is 0. The van der Waals surface area contributed by atoms with Crippen molar-refractivity contribution < 1.29 is 5.11 Å². The van der Waals surface area contributed by atoms with E-state index in [1.54, 1.807) is 0 Å². The monoisotopic (exact) mass is 226 g/mol. The Balaban J connectivity index is 2.27. The van der Waals surface area contributed by atoms with E-state index in [2.05, 4.69) is 26.0 Å². The third kappa shape index (κ3) is 4.80. The second-order valence-electron chi connectivity index (χ2n) is 4.08. The van der Waals surface area contributed by atoms with Crippen molar-refractivity contribution in [2.45, 2.75) is 58.5 Å². The second-order valence-corrected chi connectivity index (χ2v) is 5.33. The molecule has 0 aliphatic heterocycles. The minimum atomic E-state index is -0.139. The van der Waals surface area contributed by atoms with Gasteiger partial charge in [-0.15, -0.1) is 11.3 Å². The van der Waals surface area contributed by atoms with Crippen LogP contribution in [0.2, 0.25) is 0 Å². The summed E-state index contributed by atoms with van der Waals surface area (Å²) in [5.74, 6) is 0. The van der Waals surface area contributed by atoms with Crippen molar-refractivity contribution in [3.05, 3.63) is 21.9 Å². The van der Waals surface area contributed by atoms with Gasteiger partial charge in [0.15, 0.2) is 0 Å². The number of aliphatic hydroxyl groups is 1. The molecule has 1 aromatic heterocycles. The van der Waals surface area contributed by atoms with Crippen LogP contribution < -0.4 is 0 Å². The summed E-state index contributed by atoms with van der Waals surface area (Å²) in [6, 6.07) is 4.34. The summed E-state index contributed by atoms with van der Waals surface area (Å²) in [6.07, 6.45) is 6.38. The van der Waals surface area contributed by atoms with Crippen LogP contribution in [0, 0.1) is 0 Å². The van der Waals surface area contributed by atoms with Gasteiger partial charge in [0, 0.05) is 16.2 Å². The van der Waals surface area contributed by atoms with E-state index in [0.29, 0.717) is 0 Å². The molecule has 1 nitrogen and oxygen atoms in total. The van der Waals surface area contributed by atoms with E-state index in [9.17, 15) is 5.11 Å². The SMILES string of the molecule is CCCCCC(O)Cc1ccc(CC)s1. The van der Waals surface area contributed by atoms with Gasteiger partial charge in [0.2, 0.25) is 0 Å². The molecule has 15 heavy (non-hydrogen) atoms. The maximum atomic E-state index is 9.82. The van der Waals surface area contributed by atoms with Crippen LogP contribution >= 0.6 is 11.3 Å². The van der Waals surface area contributed by atoms with Crippen LogP contribution in [0.3, 0.4) is 0 Å². The van der Waals surface area contributed by atoms with Gasteiger partial charge >= 0.3 is 0 Å². The number of aryl methyl sites for hydroxylation is 1. The first-order valence-corrected chi connectivity index (χ1v) is 6.83. The molecule has 0 aliphatic rings. The summed E-state index contributed by atoms with van der Waals surface area (Å²) >= 11 is 1.84. The van der Waals surface area contributed by atoms with Gasteiger partial charge in [-0.05, 0) is 25.0 Å². The van der Waals surface area contributed by atoms with Crippen molar-refractivity contribution in [2.75, 3.05) is 0 Å². The normalized spacial score (nSPS) is 13.0. The standard InChI is InChI=1S/C13H22OS/c1-3-5-6-7-11(14)10-13-9-8-12(4-2)15-13/h8-9,11,14H,3-7,10H2,1-2H3. The van der Waals surface area contributed by atoms with Gasteiger partial charge in [-0.1, -0.05) is 33.1 Å². The molecule has 1 atom stereocenters. The zero-order chi connectivity index (χ0) is 11.1. The fourth-order valence-electron chi connectivity index (χ4n) is 1.69. The Morgan fingerprint density at radius 3 is 2.53 bits per heavy atom. The molecule has 1 unspecified atom stereocenters. The van der Waals surface area contributed by atoms with E-state index in [4.69, 9.17) is 0 Å². The van der Waals surface area contributed by atoms with E-state index in [1.165, 1.54) is 22.6 Å². The highest BCUT2D eigenvalue weighted by Crippen LogP contribution is 2.19. The molecule has 0 spiro atoms. The van der Waals surface area contributed by atoms with Crippen LogP contribution in [-0.2, 0) is 12.8 Å². The lowest BCUT2D eigenvalue weighted by Crippen LogP contribution is -2.08. The Bertz CT molecular complexity index is 267. The average molecular weight is 226 g/mol. The predicted molar refractivity (Wildman–Crippen MR) is 67.5 cm³/mol. The molecule has 0 amide bonds. The lowest BCUT2D eigenvalue weighted by Gasteiger charge is -2.08. The molecule has 0 aliphatic carbocycles. The fraction of sp³-hybridized carbons (Fsp3) is 0.692. The van der Waals surface area contributed by atoms with Crippen LogP contribution in [0.15, 0.2) is 12.1 Å². The Kier molecular flexibility index (Phi) is 5.96. The highest BCUT2D eigenvalue weighted by Gasteiger charge is 2.07. The van der Waals surface area contributed by atoms with E-state index in [0.717, 1.165) is 25.7 Å². The number of unbranched alkanes of at least 4 members (excludes halogenated alkanes) is 2. The van der Waals surface area contributed by atoms with Gasteiger partial charge in [0.1, 0.15) is 0 Å². The Labute approximate surface area is 97.2 Å². The fourth-order valence-corrected chi connectivity index (χ4v) is 2.72. The summed E-state index contributed by atoms with van der Waals surface area (Å²) in [4.78, 5) is 2.75. The summed E-state index contributed by atoms with van der Waals surface area (Å²) in [5, 5.41) is 9.82. The number of hydrogen-bond donors (Lipinski definition) is 1. The highest BCUT2D eigenvalue weighted by atomic mass is 32.1. The maximum absolute atomic E-state index is 9.82. The third-order valence-corrected chi connectivity index (χ3v) is 3.90. The summed E-state index contributed by atoms with van der Waals surface area (Å²) in [6.45, 7) is 4.37. The van der Waals surface area contributed by atoms with Crippen molar-refractivity contribution in [1.82, 2.24) is 0 Å². The molecule has 0 aromatic carbocycles. The molecule has 1 aromatic rings. The van der Waals surface area contributed by atoms with Crippen LogP contribution in [0.1, 0.15) is 49.3 Å². The van der Waals surface area contributed by atoms with Gasteiger partial charge in [-0.3, -0.25) is 0 Å². The summed E-state index contributed by atoms with van der Waals surface area (Å²) in [7, 11) is 0. The van der Waals surface area contributed by atoms with E-state index < -0.39 is 0 Å². The molecule has 0 fully saturated rings. The van der Waals surface area contributed by atoms with E-state index in [-0.39, 0.29) is 6.10 Å². The van der Waals surface area contributed by atoms with Crippen molar-refractivity contribution in [3.8, 4) is 0 Å². The van der Waals surface area contributed by atoms with E-state index in [1.807, 2.05) is 11.3 Å². The summed E-state index contributed by atoms with van der Waals surface area (Å²) in [5.41, 5.74) is 0. The van der Waals surface area contributed by atoms with Gasteiger partial charge < -0.3 is 5.11 Å². The minimum absolute atomic E-state index is 0.139. The number of thiophene rings is 1. The lowest BCUT2D eigenvalue weighted by molar-refractivity contribution is 0.162. The van der Waals surface area contributed by atoms with Gasteiger partial charge in [-0.2, -0.15) is 0 Å². The van der Waals surface area contributed by atoms with Crippen molar-refractivity contribution in [1.29, 1.82) is 0 Å². The first-order chi connectivity index (χ1) is 7.26. The van der Waals surface area contributed by atoms with E-state index >= 15 is 0 Å². The zero-order valence-corrected chi connectivity index (χ0v) is 10.6. The second kappa shape index (κ2) is 7.02. The molecular weight excluding hydrogens is 204 g/mol. The Hall–Kier alpha value is -0.340. The predicted octanol–water partition coefficient (Wildman–Crippen LogP) is 3.79. The molecule has 1 rings (SSSR count). The number of rotatable bonds is 7. The highest BCUT2D eigenvalue weighted by molar-refractivity contribution is 7.11. The Morgan fingerprint density at radius 1 is 1.20 bits per heavy atom. The van der Waals surface area contributed by atoms with Gasteiger partial charge in [-0.25, -0.2) is 0 Å². The number of hydrogen-bond acceptors (Lipinski definition) is 2. The molecule has 2 heteroatoms. The molecule has 0 saturated heterocycles. The van der Waals surface area contributed by atoms with Crippen LogP contribution in [0.25, 0.3) is 0 Å². The quantitative estimate of drug-likeness (QED) is 0.701. The average Bonchev–Trinajstić information content (AvgIpc) is 2.66. The molecule has 86 valence electrons. The molecule has 1 N–H and O–H groups in total.